The minimum Gasteiger partial charge on any atom is -0.507 e. The topological polar surface area (TPSA) is 20.2 Å². The molecule has 1 nitrogen and oxygen atoms in total. The second kappa shape index (κ2) is 5.40. The van der Waals surface area contributed by atoms with E-state index in [0.717, 1.165) is 11.1 Å². The lowest BCUT2D eigenvalue weighted by Gasteiger charge is -2.28. The Kier molecular flexibility index (Phi) is 4.66. The first-order valence-electron chi connectivity index (χ1n) is 6.80. The lowest BCUT2D eigenvalue weighted by Crippen LogP contribution is -2.17. The van der Waals surface area contributed by atoms with Crippen LogP contribution in [0, 0.1) is 6.92 Å². The van der Waals surface area contributed by atoms with Gasteiger partial charge in [-0.15, -0.1) is 11.8 Å². The summed E-state index contributed by atoms with van der Waals surface area (Å²) >= 11 is 1.75. The number of phenolic OH excluding ortho intramolecular Hbond substituents is 1. The smallest absolute Gasteiger partial charge is 0.123 e. The van der Waals surface area contributed by atoms with E-state index in [1.54, 1.807) is 11.8 Å². The molecule has 0 bridgehead atoms. The second-order valence-electron chi connectivity index (χ2n) is 7.30. The van der Waals surface area contributed by atoms with Crippen molar-refractivity contribution in [3.63, 3.8) is 0 Å². The molecule has 0 aromatic heterocycles. The van der Waals surface area contributed by atoms with Crippen molar-refractivity contribution in [2.45, 2.75) is 69.4 Å². The number of rotatable bonds is 2. The number of aromatic hydroxyl groups is 1. The fourth-order valence-electron chi connectivity index (χ4n) is 2.05. The minimum absolute atomic E-state index is 0.0644. The monoisotopic (exact) mass is 279 g/mol. The molecule has 1 rings (SSSR count). The van der Waals surface area contributed by atoms with Crippen LogP contribution in [-0.4, -0.2) is 10.4 Å². The molecule has 1 radical (unpaired) electrons. The standard InChI is InChI=1S/C17H27OS/c1-11(2)19-12-9-13(16(3,4)5)15(18)14(10-12)17(6,7)8/h9-11,18H,1H2,2-8H3. The Labute approximate surface area is 122 Å². The van der Waals surface area contributed by atoms with E-state index in [9.17, 15) is 5.11 Å². The molecule has 19 heavy (non-hydrogen) atoms. The van der Waals surface area contributed by atoms with E-state index in [0.29, 0.717) is 11.0 Å². The Morgan fingerprint density at radius 2 is 1.37 bits per heavy atom. The van der Waals surface area contributed by atoms with Crippen molar-refractivity contribution in [2.24, 2.45) is 0 Å². The molecule has 1 atom stereocenters. The van der Waals surface area contributed by atoms with Crippen LogP contribution in [0.5, 0.6) is 5.75 Å². The summed E-state index contributed by atoms with van der Waals surface area (Å²) < 4.78 is 0. The summed E-state index contributed by atoms with van der Waals surface area (Å²) in [6.07, 6.45) is 0. The molecule has 0 aliphatic rings. The molecule has 0 aliphatic carbocycles. The predicted octanol–water partition coefficient (Wildman–Crippen LogP) is 5.30. The first kappa shape index (κ1) is 16.4. The molecule has 1 unspecified atom stereocenters. The van der Waals surface area contributed by atoms with Crippen LogP contribution in [0.2, 0.25) is 0 Å². The van der Waals surface area contributed by atoms with Gasteiger partial charge in [-0.3, -0.25) is 0 Å². The highest BCUT2D eigenvalue weighted by atomic mass is 32.2. The van der Waals surface area contributed by atoms with Crippen molar-refractivity contribution >= 4 is 11.8 Å². The van der Waals surface area contributed by atoms with Gasteiger partial charge >= 0.3 is 0 Å². The molecule has 2 heteroatoms. The zero-order chi connectivity index (χ0) is 15.0. The third kappa shape index (κ3) is 4.17. The largest absolute Gasteiger partial charge is 0.507 e. The van der Waals surface area contributed by atoms with Crippen molar-refractivity contribution in [1.29, 1.82) is 0 Å². The Morgan fingerprint density at radius 3 is 1.63 bits per heavy atom. The second-order valence-corrected chi connectivity index (χ2v) is 8.81. The van der Waals surface area contributed by atoms with Gasteiger partial charge in [-0.05, 0) is 29.9 Å². The molecule has 1 aromatic rings. The van der Waals surface area contributed by atoms with Crippen LogP contribution in [0.3, 0.4) is 0 Å². The van der Waals surface area contributed by atoms with Crippen LogP contribution < -0.4 is 0 Å². The average molecular weight is 279 g/mol. The van der Waals surface area contributed by atoms with Crippen LogP contribution in [0.1, 0.15) is 59.6 Å². The highest BCUT2D eigenvalue weighted by Crippen LogP contribution is 2.42. The van der Waals surface area contributed by atoms with Crippen LogP contribution in [0.4, 0.5) is 0 Å². The molecule has 0 aliphatic heterocycles. The van der Waals surface area contributed by atoms with E-state index in [1.165, 1.54) is 4.90 Å². The van der Waals surface area contributed by atoms with Crippen molar-refractivity contribution in [1.82, 2.24) is 0 Å². The maximum atomic E-state index is 10.6. The average Bonchev–Trinajstić information content (AvgIpc) is 2.16. The van der Waals surface area contributed by atoms with Crippen LogP contribution in [0.15, 0.2) is 17.0 Å². The molecule has 0 saturated carbocycles. The van der Waals surface area contributed by atoms with Gasteiger partial charge in [0.05, 0.1) is 0 Å². The number of phenols is 1. The SMILES string of the molecule is [CH2]C(C)Sc1cc(C(C)(C)C)c(O)c(C(C)(C)C)c1. The van der Waals surface area contributed by atoms with Crippen molar-refractivity contribution in [3.8, 4) is 5.75 Å². The molecule has 0 spiro atoms. The van der Waals surface area contributed by atoms with Gasteiger partial charge < -0.3 is 5.11 Å². The first-order valence-corrected chi connectivity index (χ1v) is 7.68. The molecule has 0 fully saturated rings. The van der Waals surface area contributed by atoms with E-state index < -0.39 is 0 Å². The fraction of sp³-hybridized carbons (Fsp3) is 0.588. The van der Waals surface area contributed by atoms with Crippen LogP contribution in [0.25, 0.3) is 0 Å². The highest BCUT2D eigenvalue weighted by molar-refractivity contribution is 8.00. The third-order valence-electron chi connectivity index (χ3n) is 3.04. The lowest BCUT2D eigenvalue weighted by molar-refractivity contribution is 0.422. The van der Waals surface area contributed by atoms with Crippen LogP contribution >= 0.6 is 11.8 Å². The zero-order valence-corrected chi connectivity index (χ0v) is 14.1. The molecule has 1 aromatic carbocycles. The summed E-state index contributed by atoms with van der Waals surface area (Å²) in [5.74, 6) is 0.445. The van der Waals surface area contributed by atoms with Gasteiger partial charge in [-0.25, -0.2) is 0 Å². The Balaban J connectivity index is 3.48. The summed E-state index contributed by atoms with van der Waals surface area (Å²) in [5.41, 5.74) is 1.90. The normalized spacial score (nSPS) is 13.1. The lowest BCUT2D eigenvalue weighted by atomic mass is 9.79. The predicted molar refractivity (Wildman–Crippen MR) is 86.2 cm³/mol. The Morgan fingerprint density at radius 1 is 1.00 bits per heavy atom. The molecular weight excluding hydrogens is 252 g/mol. The highest BCUT2D eigenvalue weighted by Gasteiger charge is 2.26. The van der Waals surface area contributed by atoms with Crippen LogP contribution in [-0.2, 0) is 10.8 Å². The van der Waals surface area contributed by atoms with Gasteiger partial charge in [0.15, 0.2) is 0 Å². The minimum atomic E-state index is -0.0644. The van der Waals surface area contributed by atoms with E-state index in [-0.39, 0.29) is 10.8 Å². The maximum Gasteiger partial charge on any atom is 0.123 e. The fourth-order valence-corrected chi connectivity index (χ4v) is 2.89. The molecule has 0 saturated heterocycles. The van der Waals surface area contributed by atoms with E-state index >= 15 is 0 Å². The van der Waals surface area contributed by atoms with Crippen molar-refractivity contribution in [2.75, 3.05) is 0 Å². The summed E-state index contributed by atoms with van der Waals surface area (Å²) in [6.45, 7) is 18.9. The van der Waals surface area contributed by atoms with Crippen molar-refractivity contribution in [3.05, 3.63) is 30.2 Å². The molecule has 1 N–H and O–H groups in total. The number of benzene rings is 1. The van der Waals surface area contributed by atoms with E-state index in [1.807, 2.05) is 0 Å². The van der Waals surface area contributed by atoms with Gasteiger partial charge in [0.2, 0.25) is 0 Å². The van der Waals surface area contributed by atoms with Gasteiger partial charge in [-0.2, -0.15) is 0 Å². The zero-order valence-electron chi connectivity index (χ0n) is 13.3. The Hall–Kier alpha value is -0.630. The number of hydrogen-bond donors (Lipinski definition) is 1. The maximum absolute atomic E-state index is 10.6. The summed E-state index contributed by atoms with van der Waals surface area (Å²) in [4.78, 5) is 1.19. The third-order valence-corrected chi connectivity index (χ3v) is 3.95. The molecule has 0 amide bonds. The first-order chi connectivity index (χ1) is 8.43. The number of hydrogen-bond acceptors (Lipinski definition) is 2. The Bertz CT molecular complexity index is 412. The molecule has 107 valence electrons. The summed E-state index contributed by atoms with van der Waals surface area (Å²) in [5, 5.41) is 10.9. The quantitative estimate of drug-likeness (QED) is 0.741. The summed E-state index contributed by atoms with van der Waals surface area (Å²) in [6, 6.07) is 4.22. The number of thioether (sulfide) groups is 1. The molecule has 0 heterocycles. The van der Waals surface area contributed by atoms with E-state index in [2.05, 4.69) is 67.5 Å². The van der Waals surface area contributed by atoms with Crippen molar-refractivity contribution < 1.29 is 5.11 Å². The van der Waals surface area contributed by atoms with E-state index in [4.69, 9.17) is 0 Å². The van der Waals surface area contributed by atoms with Gasteiger partial charge in [0.25, 0.3) is 0 Å². The van der Waals surface area contributed by atoms with Gasteiger partial charge in [0, 0.05) is 21.3 Å². The van der Waals surface area contributed by atoms with Gasteiger partial charge in [-0.1, -0.05) is 48.5 Å². The molecular formula is C17H27OS. The summed E-state index contributed by atoms with van der Waals surface area (Å²) in [7, 11) is 0. The van der Waals surface area contributed by atoms with Gasteiger partial charge in [0.1, 0.15) is 5.75 Å².